The molecular formula is C22H28N6O2. The molecule has 0 unspecified atom stereocenters. The number of fused-ring (bicyclic) bond motifs is 1. The van der Waals surface area contributed by atoms with Gasteiger partial charge in [-0.2, -0.15) is 5.10 Å². The van der Waals surface area contributed by atoms with E-state index in [1.807, 2.05) is 49.2 Å². The summed E-state index contributed by atoms with van der Waals surface area (Å²) in [6.07, 6.45) is 5.11. The number of nitrogens with one attached hydrogen (secondary N) is 1. The molecule has 8 heteroatoms. The number of aromatic hydroxyl groups is 1. The number of pyridine rings is 1. The first-order valence-electron chi connectivity index (χ1n) is 10.3. The molecule has 0 saturated carbocycles. The number of carbonyl (C=O) groups is 1. The summed E-state index contributed by atoms with van der Waals surface area (Å²) in [5.74, 6) is 1.05. The summed E-state index contributed by atoms with van der Waals surface area (Å²) in [5.41, 5.74) is 1.36. The molecule has 0 radical (unpaired) electrons. The Balaban J connectivity index is 1.33. The molecule has 4 rings (SSSR count). The summed E-state index contributed by atoms with van der Waals surface area (Å²) in [5, 5.41) is 18.3. The number of para-hydroxylation sites is 1. The zero-order chi connectivity index (χ0) is 21.1. The Bertz CT molecular complexity index is 1020. The lowest BCUT2D eigenvalue weighted by Gasteiger charge is -2.32. The molecule has 3 heterocycles. The van der Waals surface area contributed by atoms with Crippen molar-refractivity contribution in [2.75, 3.05) is 43.9 Å². The molecule has 1 aliphatic heterocycles. The van der Waals surface area contributed by atoms with Crippen LogP contribution < -0.4 is 10.2 Å². The van der Waals surface area contributed by atoms with Crippen LogP contribution in [0.15, 0.2) is 42.7 Å². The molecule has 1 amide bonds. The van der Waals surface area contributed by atoms with Gasteiger partial charge < -0.3 is 20.2 Å². The van der Waals surface area contributed by atoms with Gasteiger partial charge in [0.2, 0.25) is 5.91 Å². The van der Waals surface area contributed by atoms with E-state index in [1.54, 1.807) is 12.3 Å². The smallest absolute Gasteiger partial charge is 0.227 e. The number of phenolic OH excluding ortho intramolecular Hbond substituents is 1. The van der Waals surface area contributed by atoms with Gasteiger partial charge in [-0.05, 0) is 45.1 Å². The molecule has 1 aliphatic rings. The van der Waals surface area contributed by atoms with Crippen molar-refractivity contribution in [3.63, 3.8) is 0 Å². The van der Waals surface area contributed by atoms with Crippen molar-refractivity contribution in [3.8, 4) is 5.75 Å². The number of hydrogen-bond acceptors (Lipinski definition) is 6. The van der Waals surface area contributed by atoms with Crippen LogP contribution in [0, 0.1) is 5.92 Å². The minimum atomic E-state index is -0.0276. The van der Waals surface area contributed by atoms with Gasteiger partial charge in [-0.3, -0.25) is 9.48 Å². The van der Waals surface area contributed by atoms with Crippen molar-refractivity contribution < 1.29 is 9.90 Å². The predicted molar refractivity (Wildman–Crippen MR) is 118 cm³/mol. The minimum Gasteiger partial charge on any atom is -0.506 e. The number of aromatic nitrogens is 3. The Kier molecular flexibility index (Phi) is 5.85. The van der Waals surface area contributed by atoms with Crippen molar-refractivity contribution in [1.82, 2.24) is 19.7 Å². The zero-order valence-corrected chi connectivity index (χ0v) is 17.5. The molecule has 0 bridgehead atoms. The fraction of sp³-hybridized carbons (Fsp3) is 0.409. The number of hydrogen-bond donors (Lipinski definition) is 2. The molecular weight excluding hydrogens is 380 g/mol. The number of carbonyl (C=O) groups excluding carboxylic acids is 1. The maximum atomic E-state index is 12.7. The number of likely N-dealkylation sites (N-methyl/N-ethyl adjacent to an activating group) is 1. The number of benzene rings is 1. The maximum Gasteiger partial charge on any atom is 0.227 e. The number of rotatable bonds is 6. The molecule has 1 saturated heterocycles. The predicted octanol–water partition coefficient (Wildman–Crippen LogP) is 2.55. The highest BCUT2D eigenvalue weighted by atomic mass is 16.3. The van der Waals surface area contributed by atoms with Crippen molar-refractivity contribution in [1.29, 1.82) is 0 Å². The van der Waals surface area contributed by atoms with E-state index in [0.29, 0.717) is 5.52 Å². The maximum absolute atomic E-state index is 12.7. The fourth-order valence-corrected chi connectivity index (χ4v) is 3.77. The molecule has 8 nitrogen and oxygen atoms in total. The molecule has 1 fully saturated rings. The first-order valence-corrected chi connectivity index (χ1v) is 10.3. The monoisotopic (exact) mass is 408 g/mol. The minimum absolute atomic E-state index is 0.0276. The molecule has 0 spiro atoms. The van der Waals surface area contributed by atoms with Crippen LogP contribution in [-0.4, -0.2) is 64.4 Å². The average Bonchev–Trinajstić information content (AvgIpc) is 3.20. The third-order valence-corrected chi connectivity index (χ3v) is 5.55. The van der Waals surface area contributed by atoms with Crippen LogP contribution in [0.5, 0.6) is 5.75 Å². The third kappa shape index (κ3) is 4.54. The molecule has 2 N–H and O–H groups in total. The number of phenols is 1. The van der Waals surface area contributed by atoms with Gasteiger partial charge in [0.15, 0.2) is 0 Å². The van der Waals surface area contributed by atoms with E-state index in [2.05, 4.69) is 25.2 Å². The number of amides is 1. The van der Waals surface area contributed by atoms with E-state index < -0.39 is 0 Å². The molecule has 0 atom stereocenters. The first kappa shape index (κ1) is 20.2. The lowest BCUT2D eigenvalue weighted by molar-refractivity contribution is -0.120. The van der Waals surface area contributed by atoms with Crippen molar-refractivity contribution >= 4 is 28.3 Å². The number of anilines is 2. The summed E-state index contributed by atoms with van der Waals surface area (Å²) in [6.45, 7) is 3.20. The Labute approximate surface area is 176 Å². The van der Waals surface area contributed by atoms with Crippen LogP contribution >= 0.6 is 0 Å². The van der Waals surface area contributed by atoms with Gasteiger partial charge in [-0.1, -0.05) is 12.1 Å². The second kappa shape index (κ2) is 8.71. The van der Waals surface area contributed by atoms with Gasteiger partial charge in [-0.15, -0.1) is 0 Å². The largest absolute Gasteiger partial charge is 0.506 e. The molecule has 2 aromatic heterocycles. The van der Waals surface area contributed by atoms with E-state index in [0.717, 1.165) is 55.9 Å². The summed E-state index contributed by atoms with van der Waals surface area (Å²) in [6, 6.07) is 9.35. The highest BCUT2D eigenvalue weighted by molar-refractivity contribution is 5.92. The first-order chi connectivity index (χ1) is 14.5. The summed E-state index contributed by atoms with van der Waals surface area (Å²) in [7, 11) is 4.05. The van der Waals surface area contributed by atoms with E-state index in [4.69, 9.17) is 0 Å². The molecule has 0 aliphatic carbocycles. The van der Waals surface area contributed by atoms with Crippen LogP contribution in [0.4, 0.5) is 11.5 Å². The highest BCUT2D eigenvalue weighted by Crippen LogP contribution is 2.28. The topological polar surface area (TPSA) is 86.5 Å². The summed E-state index contributed by atoms with van der Waals surface area (Å²) >= 11 is 0. The van der Waals surface area contributed by atoms with Crippen LogP contribution in [0.3, 0.4) is 0 Å². The van der Waals surface area contributed by atoms with Crippen LogP contribution in [0.2, 0.25) is 0 Å². The normalized spacial score (nSPS) is 15.1. The summed E-state index contributed by atoms with van der Waals surface area (Å²) < 4.78 is 1.85. The summed E-state index contributed by atoms with van der Waals surface area (Å²) in [4.78, 5) is 21.6. The Hall–Kier alpha value is -3.13. The van der Waals surface area contributed by atoms with E-state index >= 15 is 0 Å². The van der Waals surface area contributed by atoms with Crippen molar-refractivity contribution in [2.24, 2.45) is 5.92 Å². The van der Waals surface area contributed by atoms with Gasteiger partial charge in [-0.25, -0.2) is 4.98 Å². The number of nitrogens with zero attached hydrogens (tertiary/aromatic N) is 5. The molecule has 158 valence electrons. The second-order valence-corrected chi connectivity index (χ2v) is 8.06. The molecule has 30 heavy (non-hydrogen) atoms. The Morgan fingerprint density at radius 3 is 2.80 bits per heavy atom. The molecule has 1 aromatic carbocycles. The van der Waals surface area contributed by atoms with Crippen LogP contribution in [0.1, 0.15) is 12.8 Å². The van der Waals surface area contributed by atoms with E-state index in [-0.39, 0.29) is 17.6 Å². The standard InChI is InChI=1S/C22H28N6O2/c1-26(2)12-13-28-15-18(14-23-28)24-22(30)17-8-10-27(11-9-17)20-7-6-16-4-3-5-19(29)21(16)25-20/h3-7,14-15,17,29H,8-13H2,1-2H3,(H,24,30). The Morgan fingerprint density at radius 1 is 1.23 bits per heavy atom. The quantitative estimate of drug-likeness (QED) is 0.652. The lowest BCUT2D eigenvalue weighted by atomic mass is 9.96. The van der Waals surface area contributed by atoms with E-state index in [1.165, 1.54) is 0 Å². The van der Waals surface area contributed by atoms with Gasteiger partial charge in [0.05, 0.1) is 18.4 Å². The van der Waals surface area contributed by atoms with Crippen LogP contribution in [-0.2, 0) is 11.3 Å². The van der Waals surface area contributed by atoms with Crippen LogP contribution in [0.25, 0.3) is 10.9 Å². The van der Waals surface area contributed by atoms with Crippen molar-refractivity contribution in [2.45, 2.75) is 19.4 Å². The number of piperidine rings is 1. The zero-order valence-electron chi connectivity index (χ0n) is 17.5. The highest BCUT2D eigenvalue weighted by Gasteiger charge is 2.26. The van der Waals surface area contributed by atoms with Gasteiger partial charge in [0.25, 0.3) is 0 Å². The fourth-order valence-electron chi connectivity index (χ4n) is 3.77. The van der Waals surface area contributed by atoms with Crippen molar-refractivity contribution in [3.05, 3.63) is 42.7 Å². The second-order valence-electron chi connectivity index (χ2n) is 8.06. The SMILES string of the molecule is CN(C)CCn1cc(NC(=O)C2CCN(c3ccc4cccc(O)c4n3)CC2)cn1. The third-order valence-electron chi connectivity index (χ3n) is 5.55. The van der Waals surface area contributed by atoms with Gasteiger partial charge >= 0.3 is 0 Å². The van der Waals surface area contributed by atoms with E-state index in [9.17, 15) is 9.90 Å². The Morgan fingerprint density at radius 2 is 2.03 bits per heavy atom. The molecule has 3 aromatic rings. The lowest BCUT2D eigenvalue weighted by Crippen LogP contribution is -2.38. The van der Waals surface area contributed by atoms with Gasteiger partial charge in [0.1, 0.15) is 17.1 Å². The van der Waals surface area contributed by atoms with Gasteiger partial charge in [0, 0.05) is 37.1 Å². The average molecular weight is 409 g/mol.